The van der Waals surface area contributed by atoms with Crippen molar-refractivity contribution in [3.05, 3.63) is 40.5 Å². The van der Waals surface area contributed by atoms with Gasteiger partial charge in [-0.3, -0.25) is 4.40 Å². The van der Waals surface area contributed by atoms with Crippen LogP contribution >= 0.6 is 22.9 Å². The summed E-state index contributed by atoms with van der Waals surface area (Å²) in [5, 5.41) is 18.6. The number of nitrogens with zero attached hydrogens (tertiary/aromatic N) is 2. The van der Waals surface area contributed by atoms with Crippen LogP contribution in [0.5, 0.6) is 5.75 Å². The largest absolute Gasteiger partial charge is 0.508 e. The normalized spacial score (nSPS) is 11.0. The first-order valence-electron chi connectivity index (χ1n) is 5.26. The van der Waals surface area contributed by atoms with Crippen LogP contribution in [0.3, 0.4) is 0 Å². The maximum absolute atomic E-state index is 11.2. The number of aromatic carboxylic acids is 1. The van der Waals surface area contributed by atoms with E-state index in [4.69, 9.17) is 16.7 Å². The standard InChI is InChI=1S/C12H7ClN2O3S/c13-9-2-1-8(19-9)11-14-10(12(17)18)7-5-6(16)3-4-15(7)11/h1-5,16H,(H,17,18). The molecule has 0 aliphatic rings. The van der Waals surface area contributed by atoms with Crippen molar-refractivity contribution < 1.29 is 15.0 Å². The molecule has 3 heterocycles. The molecule has 2 N–H and O–H groups in total. The molecule has 19 heavy (non-hydrogen) atoms. The van der Waals surface area contributed by atoms with Crippen LogP contribution in [-0.2, 0) is 0 Å². The van der Waals surface area contributed by atoms with E-state index in [1.165, 1.54) is 23.5 Å². The quantitative estimate of drug-likeness (QED) is 0.761. The van der Waals surface area contributed by atoms with Crippen LogP contribution in [0.2, 0.25) is 4.34 Å². The molecule has 7 heteroatoms. The van der Waals surface area contributed by atoms with E-state index < -0.39 is 5.97 Å². The van der Waals surface area contributed by atoms with E-state index in [0.29, 0.717) is 15.7 Å². The zero-order valence-electron chi connectivity index (χ0n) is 9.37. The maximum atomic E-state index is 11.2. The minimum absolute atomic E-state index is 0.00865. The molecule has 0 amide bonds. The minimum Gasteiger partial charge on any atom is -0.508 e. The monoisotopic (exact) mass is 294 g/mol. The molecule has 0 radical (unpaired) electrons. The number of fused-ring (bicyclic) bond motifs is 1. The van der Waals surface area contributed by atoms with Crippen molar-refractivity contribution in [1.82, 2.24) is 9.38 Å². The fraction of sp³-hybridized carbons (Fsp3) is 0. The third-order valence-corrected chi connectivity index (χ3v) is 3.85. The van der Waals surface area contributed by atoms with Gasteiger partial charge in [0, 0.05) is 12.3 Å². The fourth-order valence-corrected chi connectivity index (χ4v) is 2.87. The number of rotatable bonds is 2. The van der Waals surface area contributed by atoms with Gasteiger partial charge in [-0.05, 0) is 18.2 Å². The Kier molecular flexibility index (Phi) is 2.69. The lowest BCUT2D eigenvalue weighted by Crippen LogP contribution is -1.97. The molecule has 0 aliphatic heterocycles. The lowest BCUT2D eigenvalue weighted by molar-refractivity contribution is 0.0693. The lowest BCUT2D eigenvalue weighted by Gasteiger charge is -1.98. The lowest BCUT2D eigenvalue weighted by atomic mass is 10.3. The number of carbonyl (C=O) groups is 1. The maximum Gasteiger partial charge on any atom is 0.356 e. The highest BCUT2D eigenvalue weighted by molar-refractivity contribution is 7.19. The second-order valence-corrected chi connectivity index (χ2v) is 5.55. The molecule has 0 aliphatic carbocycles. The van der Waals surface area contributed by atoms with Gasteiger partial charge in [-0.15, -0.1) is 11.3 Å². The average molecular weight is 295 g/mol. The number of imidazole rings is 1. The van der Waals surface area contributed by atoms with E-state index in [-0.39, 0.29) is 11.4 Å². The van der Waals surface area contributed by atoms with Gasteiger partial charge in [0.05, 0.1) is 14.7 Å². The third kappa shape index (κ3) is 1.94. The number of thiophene rings is 1. The van der Waals surface area contributed by atoms with Gasteiger partial charge in [-0.2, -0.15) is 0 Å². The number of hydrogen-bond acceptors (Lipinski definition) is 4. The van der Waals surface area contributed by atoms with Gasteiger partial charge < -0.3 is 10.2 Å². The summed E-state index contributed by atoms with van der Waals surface area (Å²) < 4.78 is 2.22. The van der Waals surface area contributed by atoms with Crippen molar-refractivity contribution in [2.75, 3.05) is 0 Å². The molecule has 96 valence electrons. The summed E-state index contributed by atoms with van der Waals surface area (Å²) in [6.07, 6.45) is 1.58. The van der Waals surface area contributed by atoms with Crippen molar-refractivity contribution in [2.24, 2.45) is 0 Å². The number of halogens is 1. The number of hydrogen-bond donors (Lipinski definition) is 2. The molecule has 5 nitrogen and oxygen atoms in total. The fourth-order valence-electron chi connectivity index (χ4n) is 1.84. The molecule has 3 rings (SSSR count). The Balaban J connectivity index is 2.34. The summed E-state index contributed by atoms with van der Waals surface area (Å²) in [5.41, 5.74) is 0.238. The zero-order valence-corrected chi connectivity index (χ0v) is 10.9. The summed E-state index contributed by atoms with van der Waals surface area (Å²) in [7, 11) is 0. The summed E-state index contributed by atoms with van der Waals surface area (Å²) in [6.45, 7) is 0. The number of pyridine rings is 1. The molecule has 0 saturated heterocycles. The van der Waals surface area contributed by atoms with E-state index in [2.05, 4.69) is 4.98 Å². The number of aromatic nitrogens is 2. The highest BCUT2D eigenvalue weighted by Gasteiger charge is 2.19. The molecule has 0 spiro atoms. The summed E-state index contributed by atoms with van der Waals surface area (Å²) in [5.74, 6) is -0.660. The van der Waals surface area contributed by atoms with Crippen LogP contribution < -0.4 is 0 Å². The zero-order chi connectivity index (χ0) is 13.6. The molecular formula is C12H7ClN2O3S. The Bertz CT molecular complexity index is 793. The topological polar surface area (TPSA) is 74.8 Å². The summed E-state index contributed by atoms with van der Waals surface area (Å²) >= 11 is 7.19. The van der Waals surface area contributed by atoms with Crippen molar-refractivity contribution in [3.63, 3.8) is 0 Å². The Labute approximate surface area is 116 Å². The van der Waals surface area contributed by atoms with Crippen molar-refractivity contribution >= 4 is 34.4 Å². The van der Waals surface area contributed by atoms with Gasteiger partial charge in [0.15, 0.2) is 11.5 Å². The van der Waals surface area contributed by atoms with E-state index in [1.54, 1.807) is 22.7 Å². The summed E-state index contributed by atoms with van der Waals surface area (Å²) in [4.78, 5) is 16.1. The van der Waals surface area contributed by atoms with Gasteiger partial charge in [0.25, 0.3) is 0 Å². The average Bonchev–Trinajstić information content (AvgIpc) is 2.92. The van der Waals surface area contributed by atoms with Gasteiger partial charge >= 0.3 is 5.97 Å². The van der Waals surface area contributed by atoms with Crippen LogP contribution in [0.4, 0.5) is 0 Å². The first-order chi connectivity index (χ1) is 9.06. The Hall–Kier alpha value is -2.05. The second-order valence-electron chi connectivity index (χ2n) is 3.83. The minimum atomic E-state index is -1.14. The molecule has 0 saturated carbocycles. The predicted molar refractivity (Wildman–Crippen MR) is 72.1 cm³/mol. The number of aromatic hydroxyl groups is 1. The third-order valence-electron chi connectivity index (χ3n) is 2.62. The second kappa shape index (κ2) is 4.25. The first kappa shape index (κ1) is 12.0. The van der Waals surface area contributed by atoms with Crippen LogP contribution in [0.15, 0.2) is 30.5 Å². The van der Waals surface area contributed by atoms with Crippen LogP contribution in [-0.4, -0.2) is 25.6 Å². The number of carboxylic acids is 1. The van der Waals surface area contributed by atoms with Gasteiger partial charge in [-0.1, -0.05) is 11.6 Å². The van der Waals surface area contributed by atoms with Crippen molar-refractivity contribution in [1.29, 1.82) is 0 Å². The highest BCUT2D eigenvalue weighted by atomic mass is 35.5. The number of carboxylic acid groups (broad SMARTS) is 1. The van der Waals surface area contributed by atoms with Gasteiger partial charge in [0.2, 0.25) is 0 Å². The molecule has 0 bridgehead atoms. The van der Waals surface area contributed by atoms with E-state index in [0.717, 1.165) is 4.88 Å². The van der Waals surface area contributed by atoms with Crippen LogP contribution in [0.25, 0.3) is 16.2 Å². The molecular weight excluding hydrogens is 288 g/mol. The smallest absolute Gasteiger partial charge is 0.356 e. The molecule has 0 atom stereocenters. The van der Waals surface area contributed by atoms with Crippen molar-refractivity contribution in [3.8, 4) is 16.5 Å². The molecule has 3 aromatic rings. The summed E-state index contributed by atoms with van der Waals surface area (Å²) in [6, 6.07) is 6.35. The SMILES string of the molecule is O=C(O)c1nc(-c2ccc(Cl)s2)n2ccc(O)cc12. The van der Waals surface area contributed by atoms with Crippen molar-refractivity contribution in [2.45, 2.75) is 0 Å². The van der Waals surface area contributed by atoms with Gasteiger partial charge in [-0.25, -0.2) is 9.78 Å². The predicted octanol–water partition coefficient (Wildman–Crippen LogP) is 3.12. The van der Waals surface area contributed by atoms with E-state index >= 15 is 0 Å². The Morgan fingerprint density at radius 1 is 1.37 bits per heavy atom. The molecule has 3 aromatic heterocycles. The highest BCUT2D eigenvalue weighted by Crippen LogP contribution is 2.32. The Morgan fingerprint density at radius 2 is 2.16 bits per heavy atom. The van der Waals surface area contributed by atoms with E-state index in [1.807, 2.05) is 0 Å². The van der Waals surface area contributed by atoms with E-state index in [9.17, 15) is 9.90 Å². The van der Waals surface area contributed by atoms with Crippen LogP contribution in [0, 0.1) is 0 Å². The molecule has 0 unspecified atom stereocenters. The molecule has 0 aromatic carbocycles. The van der Waals surface area contributed by atoms with Gasteiger partial charge in [0.1, 0.15) is 5.75 Å². The van der Waals surface area contributed by atoms with Crippen LogP contribution in [0.1, 0.15) is 10.5 Å². The first-order valence-corrected chi connectivity index (χ1v) is 6.46. The Morgan fingerprint density at radius 3 is 2.79 bits per heavy atom. The molecule has 0 fully saturated rings.